The second kappa shape index (κ2) is 6.62. The van der Waals surface area contributed by atoms with Crippen LogP contribution in [0.3, 0.4) is 0 Å². The molecule has 1 fully saturated rings. The number of hydrogen-bond acceptors (Lipinski definition) is 4. The van der Waals surface area contributed by atoms with Crippen LogP contribution in [0.1, 0.15) is 29.6 Å². The van der Waals surface area contributed by atoms with E-state index in [1.165, 1.54) is 12.1 Å². The maximum atomic E-state index is 13.6. The Morgan fingerprint density at radius 1 is 1.41 bits per heavy atom. The van der Waals surface area contributed by atoms with E-state index in [-0.39, 0.29) is 29.1 Å². The van der Waals surface area contributed by atoms with Gasteiger partial charge >= 0.3 is 0 Å². The zero-order valence-electron chi connectivity index (χ0n) is 12.3. The lowest BCUT2D eigenvalue weighted by Gasteiger charge is -2.19. The van der Waals surface area contributed by atoms with Crippen molar-refractivity contribution < 1.29 is 17.6 Å². The standard InChI is InChI=1S/C14H20FN3O3S/c1-22(20,21)18-13-7-9(5-6-11(13)15)14(19)17-12-4-2-3-10(12)8-16/h5-7,10,12,18H,2-4,8,16H2,1H3,(H,17,19). The van der Waals surface area contributed by atoms with Gasteiger partial charge < -0.3 is 11.1 Å². The molecule has 1 aromatic carbocycles. The molecule has 2 atom stereocenters. The Hall–Kier alpha value is -1.67. The summed E-state index contributed by atoms with van der Waals surface area (Å²) < 4.78 is 38.1. The number of hydrogen-bond donors (Lipinski definition) is 3. The fraction of sp³-hybridized carbons (Fsp3) is 0.500. The molecular formula is C14H20FN3O3S. The Morgan fingerprint density at radius 2 is 2.14 bits per heavy atom. The molecule has 0 aliphatic heterocycles. The molecule has 0 heterocycles. The SMILES string of the molecule is CS(=O)(=O)Nc1cc(C(=O)NC2CCCC2CN)ccc1F. The molecule has 0 radical (unpaired) electrons. The maximum absolute atomic E-state index is 13.6. The predicted molar refractivity (Wildman–Crippen MR) is 82.5 cm³/mol. The fourth-order valence-corrected chi connectivity index (χ4v) is 3.26. The summed E-state index contributed by atoms with van der Waals surface area (Å²) in [6, 6.07) is 3.59. The normalized spacial score (nSPS) is 21.6. The highest BCUT2D eigenvalue weighted by Gasteiger charge is 2.27. The van der Waals surface area contributed by atoms with E-state index < -0.39 is 15.8 Å². The van der Waals surface area contributed by atoms with Crippen molar-refractivity contribution in [2.75, 3.05) is 17.5 Å². The van der Waals surface area contributed by atoms with E-state index >= 15 is 0 Å². The quantitative estimate of drug-likeness (QED) is 0.751. The molecule has 2 unspecified atom stereocenters. The number of sulfonamides is 1. The number of nitrogens with one attached hydrogen (secondary N) is 2. The molecule has 8 heteroatoms. The summed E-state index contributed by atoms with van der Waals surface area (Å²) in [7, 11) is -3.62. The van der Waals surface area contributed by atoms with Gasteiger partial charge in [-0.15, -0.1) is 0 Å². The summed E-state index contributed by atoms with van der Waals surface area (Å²) in [6.45, 7) is 0.509. The average molecular weight is 329 g/mol. The minimum atomic E-state index is -3.62. The van der Waals surface area contributed by atoms with E-state index in [9.17, 15) is 17.6 Å². The van der Waals surface area contributed by atoms with E-state index in [0.29, 0.717) is 6.54 Å². The first-order valence-corrected chi connectivity index (χ1v) is 8.97. The molecule has 0 bridgehead atoms. The van der Waals surface area contributed by atoms with E-state index in [2.05, 4.69) is 10.0 Å². The number of rotatable bonds is 5. The first kappa shape index (κ1) is 16.7. The summed E-state index contributed by atoms with van der Waals surface area (Å²) in [4.78, 5) is 12.2. The summed E-state index contributed by atoms with van der Waals surface area (Å²) in [5.41, 5.74) is 5.64. The number of benzene rings is 1. The summed E-state index contributed by atoms with van der Waals surface area (Å²) in [5, 5.41) is 2.89. The van der Waals surface area contributed by atoms with Crippen LogP contribution in [0, 0.1) is 11.7 Å². The molecule has 2 rings (SSSR count). The number of carbonyl (C=O) groups excluding carboxylic acids is 1. The molecule has 1 saturated carbocycles. The Balaban J connectivity index is 2.14. The van der Waals surface area contributed by atoms with Gasteiger partial charge in [-0.3, -0.25) is 9.52 Å². The fourth-order valence-electron chi connectivity index (χ4n) is 2.71. The van der Waals surface area contributed by atoms with E-state index in [1.807, 2.05) is 0 Å². The maximum Gasteiger partial charge on any atom is 0.251 e. The van der Waals surface area contributed by atoms with Crippen molar-refractivity contribution in [2.24, 2.45) is 11.7 Å². The highest BCUT2D eigenvalue weighted by atomic mass is 32.2. The Kier molecular flexibility index (Phi) is 5.02. The number of nitrogens with two attached hydrogens (primary N) is 1. The average Bonchev–Trinajstić information content (AvgIpc) is 2.86. The van der Waals surface area contributed by atoms with Gasteiger partial charge in [-0.1, -0.05) is 6.42 Å². The Bertz CT molecular complexity index is 663. The summed E-state index contributed by atoms with van der Waals surface area (Å²) in [6.07, 6.45) is 3.77. The third-order valence-corrected chi connectivity index (χ3v) is 4.39. The van der Waals surface area contributed by atoms with Crippen molar-refractivity contribution in [1.82, 2.24) is 5.32 Å². The van der Waals surface area contributed by atoms with Gasteiger partial charge in [-0.05, 0) is 43.5 Å². The van der Waals surface area contributed by atoms with Gasteiger partial charge in [0.2, 0.25) is 10.0 Å². The van der Waals surface area contributed by atoms with Crippen LogP contribution in [0.4, 0.5) is 10.1 Å². The monoisotopic (exact) mass is 329 g/mol. The number of halogens is 1. The van der Waals surface area contributed by atoms with E-state index in [0.717, 1.165) is 31.6 Å². The number of carbonyl (C=O) groups is 1. The summed E-state index contributed by atoms with van der Waals surface area (Å²) in [5.74, 6) is -0.845. The molecule has 0 spiro atoms. The molecule has 1 aliphatic rings. The lowest BCUT2D eigenvalue weighted by molar-refractivity contribution is 0.0928. The van der Waals surface area contributed by atoms with Crippen LogP contribution in [0.25, 0.3) is 0 Å². The molecular weight excluding hydrogens is 309 g/mol. The van der Waals surface area contributed by atoms with Gasteiger partial charge in [0.25, 0.3) is 5.91 Å². The van der Waals surface area contributed by atoms with Crippen molar-refractivity contribution in [3.05, 3.63) is 29.6 Å². The van der Waals surface area contributed by atoms with Crippen LogP contribution < -0.4 is 15.8 Å². The lowest BCUT2D eigenvalue weighted by Crippen LogP contribution is -2.39. The largest absolute Gasteiger partial charge is 0.349 e. The molecule has 0 aromatic heterocycles. The van der Waals surface area contributed by atoms with Crippen LogP contribution >= 0.6 is 0 Å². The van der Waals surface area contributed by atoms with Crippen LogP contribution in [0.5, 0.6) is 0 Å². The van der Waals surface area contributed by atoms with Gasteiger partial charge in [0, 0.05) is 11.6 Å². The molecule has 22 heavy (non-hydrogen) atoms. The van der Waals surface area contributed by atoms with Gasteiger partial charge in [0.15, 0.2) is 0 Å². The van der Waals surface area contributed by atoms with Crippen molar-refractivity contribution in [2.45, 2.75) is 25.3 Å². The number of anilines is 1. The topological polar surface area (TPSA) is 101 Å². The van der Waals surface area contributed by atoms with Gasteiger partial charge in [0.05, 0.1) is 11.9 Å². The predicted octanol–water partition coefficient (Wildman–Crippen LogP) is 1.05. The van der Waals surface area contributed by atoms with Crippen LogP contribution in [0.15, 0.2) is 18.2 Å². The van der Waals surface area contributed by atoms with Gasteiger partial charge in [-0.25, -0.2) is 12.8 Å². The van der Waals surface area contributed by atoms with Crippen molar-refractivity contribution in [1.29, 1.82) is 0 Å². The molecule has 1 aromatic rings. The van der Waals surface area contributed by atoms with Crippen molar-refractivity contribution >= 4 is 21.6 Å². The van der Waals surface area contributed by atoms with Gasteiger partial charge in [0.1, 0.15) is 5.82 Å². The highest BCUT2D eigenvalue weighted by Crippen LogP contribution is 2.25. The first-order valence-electron chi connectivity index (χ1n) is 7.08. The zero-order chi connectivity index (χ0) is 16.3. The molecule has 1 aliphatic carbocycles. The zero-order valence-corrected chi connectivity index (χ0v) is 13.1. The minimum absolute atomic E-state index is 0.00821. The first-order chi connectivity index (χ1) is 10.3. The van der Waals surface area contributed by atoms with Crippen LogP contribution in [-0.2, 0) is 10.0 Å². The number of amides is 1. The smallest absolute Gasteiger partial charge is 0.251 e. The third-order valence-electron chi connectivity index (χ3n) is 3.80. The molecule has 0 saturated heterocycles. The molecule has 122 valence electrons. The van der Waals surface area contributed by atoms with Crippen molar-refractivity contribution in [3.63, 3.8) is 0 Å². The Labute approximate surface area is 129 Å². The van der Waals surface area contributed by atoms with Crippen LogP contribution in [-0.4, -0.2) is 33.2 Å². The third kappa shape index (κ3) is 4.17. The molecule has 4 N–H and O–H groups in total. The molecule has 1 amide bonds. The summed E-state index contributed by atoms with van der Waals surface area (Å²) >= 11 is 0. The second-order valence-electron chi connectivity index (χ2n) is 5.58. The highest BCUT2D eigenvalue weighted by molar-refractivity contribution is 7.92. The van der Waals surface area contributed by atoms with Crippen LogP contribution in [0.2, 0.25) is 0 Å². The Morgan fingerprint density at radius 3 is 2.77 bits per heavy atom. The van der Waals surface area contributed by atoms with E-state index in [4.69, 9.17) is 5.73 Å². The van der Waals surface area contributed by atoms with Gasteiger partial charge in [-0.2, -0.15) is 0 Å². The lowest BCUT2D eigenvalue weighted by atomic mass is 10.0. The van der Waals surface area contributed by atoms with E-state index in [1.54, 1.807) is 0 Å². The molecule has 6 nitrogen and oxygen atoms in total. The minimum Gasteiger partial charge on any atom is -0.349 e. The van der Waals surface area contributed by atoms with Crippen molar-refractivity contribution in [3.8, 4) is 0 Å². The second-order valence-corrected chi connectivity index (χ2v) is 7.32.